The molecular weight excluding hydrogens is 324 g/mol. The maximum Gasteiger partial charge on any atom is 0.309 e. The number of hydrogen-bond acceptors (Lipinski definition) is 5. The number of carbonyl (C=O) groups excluding carboxylic acids is 1. The van der Waals surface area contributed by atoms with E-state index in [1.165, 1.54) is 44.9 Å². The highest BCUT2D eigenvalue weighted by Crippen LogP contribution is 2.20. The molecule has 0 saturated heterocycles. The second kappa shape index (κ2) is 17.6. The van der Waals surface area contributed by atoms with E-state index in [1.807, 2.05) is 25.6 Å². The summed E-state index contributed by atoms with van der Waals surface area (Å²) in [6.45, 7) is 7.03. The Hall–Kier alpha value is -0.260. The molecule has 0 radical (unpaired) electrons. The third-order valence-electron chi connectivity index (χ3n) is 3.92. The van der Waals surface area contributed by atoms with Crippen LogP contribution in [0, 0.1) is 5.92 Å². The molecule has 0 rings (SSSR count). The van der Waals surface area contributed by atoms with Crippen molar-refractivity contribution < 1.29 is 19.0 Å². The second-order valence-corrected chi connectivity index (χ2v) is 7.15. The molecule has 0 bridgehead atoms. The van der Waals surface area contributed by atoms with E-state index < -0.39 is 0 Å². The lowest BCUT2D eigenvalue weighted by molar-refractivity contribution is -0.158. The van der Waals surface area contributed by atoms with Gasteiger partial charge in [0.25, 0.3) is 0 Å². The molecule has 4 nitrogen and oxygen atoms in total. The summed E-state index contributed by atoms with van der Waals surface area (Å²) in [7, 11) is 1.62. The van der Waals surface area contributed by atoms with Gasteiger partial charge < -0.3 is 14.2 Å². The average molecular weight is 363 g/mol. The number of carbonyl (C=O) groups is 1. The molecule has 0 aliphatic rings. The first kappa shape index (κ1) is 23.7. The highest BCUT2D eigenvalue weighted by Gasteiger charge is 2.24. The third-order valence-corrected chi connectivity index (χ3v) is 5.14. The van der Waals surface area contributed by atoms with Crippen molar-refractivity contribution in [2.45, 2.75) is 78.4 Å². The fourth-order valence-corrected chi connectivity index (χ4v) is 3.66. The molecule has 0 amide bonds. The van der Waals surface area contributed by atoms with Gasteiger partial charge in [-0.3, -0.25) is 4.79 Å². The zero-order valence-corrected chi connectivity index (χ0v) is 17.0. The fourth-order valence-electron chi connectivity index (χ4n) is 2.53. The third kappa shape index (κ3) is 13.1. The van der Waals surface area contributed by atoms with Crippen molar-refractivity contribution >= 4 is 17.7 Å². The molecule has 0 N–H and O–H groups in total. The van der Waals surface area contributed by atoms with Crippen molar-refractivity contribution in [3.63, 3.8) is 0 Å². The molecule has 0 spiro atoms. The van der Waals surface area contributed by atoms with E-state index in [0.717, 1.165) is 11.5 Å². The molecule has 0 aromatic heterocycles. The molecule has 144 valence electrons. The second-order valence-electron chi connectivity index (χ2n) is 6.00. The Morgan fingerprint density at radius 2 is 1.62 bits per heavy atom. The largest absolute Gasteiger partial charge is 0.466 e. The van der Waals surface area contributed by atoms with Gasteiger partial charge in [-0.25, -0.2) is 0 Å². The van der Waals surface area contributed by atoms with Gasteiger partial charge in [0.1, 0.15) is 0 Å². The van der Waals surface area contributed by atoms with E-state index in [9.17, 15) is 4.79 Å². The fraction of sp³-hybridized carbons (Fsp3) is 0.947. The molecule has 0 aliphatic carbocycles. The van der Waals surface area contributed by atoms with Gasteiger partial charge in [0.2, 0.25) is 0 Å². The van der Waals surface area contributed by atoms with Gasteiger partial charge in [0.15, 0.2) is 6.29 Å². The quantitative estimate of drug-likeness (QED) is 0.206. The van der Waals surface area contributed by atoms with E-state index in [1.54, 1.807) is 7.11 Å². The highest BCUT2D eigenvalue weighted by molar-refractivity contribution is 7.99. The SMILES string of the molecule is CCCCCCCCCSCC(CC(OC)OCC)C(=O)OCC. The van der Waals surface area contributed by atoms with Gasteiger partial charge in [0.05, 0.1) is 12.5 Å². The van der Waals surface area contributed by atoms with Crippen LogP contribution in [-0.2, 0) is 19.0 Å². The van der Waals surface area contributed by atoms with Crippen LogP contribution in [0.2, 0.25) is 0 Å². The number of hydrogen-bond donors (Lipinski definition) is 0. The summed E-state index contributed by atoms with van der Waals surface area (Å²) in [5.41, 5.74) is 0. The van der Waals surface area contributed by atoms with Crippen molar-refractivity contribution in [2.24, 2.45) is 5.92 Å². The van der Waals surface area contributed by atoms with Crippen LogP contribution in [0.25, 0.3) is 0 Å². The Bertz CT molecular complexity index is 287. The first-order valence-electron chi connectivity index (χ1n) is 9.58. The van der Waals surface area contributed by atoms with Gasteiger partial charge in [-0.15, -0.1) is 0 Å². The van der Waals surface area contributed by atoms with Crippen molar-refractivity contribution in [1.29, 1.82) is 0 Å². The predicted octanol–water partition coefficient (Wildman–Crippen LogP) is 5.05. The molecule has 0 aliphatic heterocycles. The zero-order chi connectivity index (χ0) is 18.0. The molecule has 2 atom stereocenters. The summed E-state index contributed by atoms with van der Waals surface area (Å²) in [6.07, 6.45) is 9.46. The van der Waals surface area contributed by atoms with E-state index in [2.05, 4.69) is 6.92 Å². The van der Waals surface area contributed by atoms with E-state index in [0.29, 0.717) is 19.6 Å². The molecular formula is C19H38O4S. The lowest BCUT2D eigenvalue weighted by Crippen LogP contribution is -2.28. The summed E-state index contributed by atoms with van der Waals surface area (Å²) >= 11 is 1.84. The Labute approximate surface area is 153 Å². The van der Waals surface area contributed by atoms with Crippen LogP contribution in [0.4, 0.5) is 0 Å². The van der Waals surface area contributed by atoms with E-state index in [4.69, 9.17) is 14.2 Å². The van der Waals surface area contributed by atoms with Gasteiger partial charge in [-0.2, -0.15) is 11.8 Å². The topological polar surface area (TPSA) is 44.8 Å². The van der Waals surface area contributed by atoms with Gasteiger partial charge >= 0.3 is 5.97 Å². The first-order valence-corrected chi connectivity index (χ1v) is 10.7. The lowest BCUT2D eigenvalue weighted by Gasteiger charge is -2.21. The number of ether oxygens (including phenoxy) is 3. The Kier molecular flexibility index (Phi) is 17.4. The Morgan fingerprint density at radius 1 is 0.958 bits per heavy atom. The number of methoxy groups -OCH3 is 1. The van der Waals surface area contributed by atoms with Crippen LogP contribution in [0.1, 0.15) is 72.1 Å². The van der Waals surface area contributed by atoms with Gasteiger partial charge in [0, 0.05) is 25.9 Å². The summed E-state index contributed by atoms with van der Waals surface area (Å²) < 4.78 is 16.0. The summed E-state index contributed by atoms with van der Waals surface area (Å²) in [5, 5.41) is 0. The molecule has 0 fully saturated rings. The smallest absolute Gasteiger partial charge is 0.309 e. The average Bonchev–Trinajstić information content (AvgIpc) is 2.58. The number of esters is 1. The van der Waals surface area contributed by atoms with Crippen LogP contribution in [0.15, 0.2) is 0 Å². The molecule has 0 heterocycles. The molecule has 24 heavy (non-hydrogen) atoms. The van der Waals surface area contributed by atoms with Crippen LogP contribution < -0.4 is 0 Å². The highest BCUT2D eigenvalue weighted by atomic mass is 32.2. The van der Waals surface area contributed by atoms with Crippen molar-refractivity contribution in [3.8, 4) is 0 Å². The van der Waals surface area contributed by atoms with Gasteiger partial charge in [-0.1, -0.05) is 45.4 Å². The zero-order valence-electron chi connectivity index (χ0n) is 16.2. The number of rotatable bonds is 17. The van der Waals surface area contributed by atoms with Crippen LogP contribution in [-0.4, -0.2) is 44.1 Å². The van der Waals surface area contributed by atoms with E-state index >= 15 is 0 Å². The summed E-state index contributed by atoms with van der Waals surface area (Å²) in [5.74, 6) is 1.60. The standard InChI is InChI=1S/C19H38O4S/c1-5-8-9-10-11-12-13-14-24-16-17(19(20)23-7-3)15-18(21-4)22-6-2/h17-18H,5-16H2,1-4H3. The molecule has 5 heteroatoms. The Balaban J connectivity index is 3.98. The molecule has 0 aromatic rings. The predicted molar refractivity (Wildman–Crippen MR) is 102 cm³/mol. The van der Waals surface area contributed by atoms with Crippen LogP contribution >= 0.6 is 11.8 Å². The first-order chi connectivity index (χ1) is 11.7. The minimum absolute atomic E-state index is 0.133. The molecule has 2 unspecified atom stereocenters. The monoisotopic (exact) mass is 362 g/mol. The molecule has 0 aromatic carbocycles. The van der Waals surface area contributed by atoms with E-state index in [-0.39, 0.29) is 18.2 Å². The summed E-state index contributed by atoms with van der Waals surface area (Å²) in [6, 6.07) is 0. The molecule has 0 saturated carbocycles. The minimum Gasteiger partial charge on any atom is -0.466 e. The normalized spacial score (nSPS) is 13.7. The van der Waals surface area contributed by atoms with Crippen LogP contribution in [0.3, 0.4) is 0 Å². The Morgan fingerprint density at radius 3 is 2.21 bits per heavy atom. The van der Waals surface area contributed by atoms with Crippen LogP contribution in [0.5, 0.6) is 0 Å². The number of unbranched alkanes of at least 4 members (excludes halogenated alkanes) is 6. The summed E-state index contributed by atoms with van der Waals surface area (Å²) in [4.78, 5) is 12.1. The minimum atomic E-state index is -0.330. The van der Waals surface area contributed by atoms with Crippen molar-refractivity contribution in [1.82, 2.24) is 0 Å². The number of thioether (sulfide) groups is 1. The lowest BCUT2D eigenvalue weighted by atomic mass is 10.1. The van der Waals surface area contributed by atoms with Gasteiger partial charge in [-0.05, 0) is 26.0 Å². The maximum absolute atomic E-state index is 12.1. The van der Waals surface area contributed by atoms with Crippen molar-refractivity contribution in [3.05, 3.63) is 0 Å². The maximum atomic E-state index is 12.1. The van der Waals surface area contributed by atoms with Crippen molar-refractivity contribution in [2.75, 3.05) is 31.8 Å².